The highest BCUT2D eigenvalue weighted by Gasteiger charge is 2.36. The lowest BCUT2D eigenvalue weighted by atomic mass is 9.90. The molecule has 2 fully saturated rings. The number of nitriles is 1. The molecule has 2 rings (SSSR count). The minimum atomic E-state index is -0.522. The summed E-state index contributed by atoms with van der Waals surface area (Å²) in [5, 5.41) is 8.80. The third kappa shape index (κ3) is 1.45. The fraction of sp³-hybridized carbons (Fsp3) is 0.889. The lowest BCUT2D eigenvalue weighted by molar-refractivity contribution is 0.180. The molecule has 0 unspecified atom stereocenters. The van der Waals surface area contributed by atoms with Gasteiger partial charge in [0.05, 0.1) is 6.07 Å². The third-order valence-electron chi connectivity index (χ3n) is 2.98. The Morgan fingerprint density at radius 2 is 1.92 bits per heavy atom. The van der Waals surface area contributed by atoms with Crippen molar-refractivity contribution >= 4 is 0 Å². The molecule has 66 valence electrons. The second-order valence-corrected chi connectivity index (χ2v) is 4.04. The molecule has 1 saturated heterocycles. The molecule has 2 N–H and O–H groups in total. The predicted octanol–water partition coefficient (Wildman–Crippen LogP) is 0.466. The van der Waals surface area contributed by atoms with E-state index in [1.54, 1.807) is 0 Å². The number of rotatable bonds is 1. The van der Waals surface area contributed by atoms with E-state index in [2.05, 4.69) is 11.0 Å². The van der Waals surface area contributed by atoms with E-state index in [0.717, 1.165) is 32.0 Å². The van der Waals surface area contributed by atoms with Gasteiger partial charge in [0.1, 0.15) is 5.54 Å². The van der Waals surface area contributed by atoms with E-state index >= 15 is 0 Å². The molecule has 0 aromatic carbocycles. The van der Waals surface area contributed by atoms with Crippen LogP contribution >= 0.6 is 0 Å². The van der Waals surface area contributed by atoms with E-state index in [4.69, 9.17) is 11.0 Å². The Morgan fingerprint density at radius 3 is 2.33 bits per heavy atom. The maximum absolute atomic E-state index is 8.80. The molecule has 0 atom stereocenters. The quantitative estimate of drug-likeness (QED) is 0.614. The van der Waals surface area contributed by atoms with Crippen molar-refractivity contribution in [2.24, 2.45) is 5.73 Å². The van der Waals surface area contributed by atoms with Gasteiger partial charge >= 0.3 is 0 Å². The number of hydrogen-bond acceptors (Lipinski definition) is 3. The van der Waals surface area contributed by atoms with Crippen molar-refractivity contribution in [3.63, 3.8) is 0 Å². The SMILES string of the molecule is N#CC1(N)CCN(C2CC2)CC1. The molecule has 1 heterocycles. The highest BCUT2D eigenvalue weighted by atomic mass is 15.2. The molecule has 3 heteroatoms. The van der Waals surface area contributed by atoms with Crippen LogP contribution in [-0.4, -0.2) is 29.6 Å². The first-order valence-electron chi connectivity index (χ1n) is 4.68. The van der Waals surface area contributed by atoms with Crippen molar-refractivity contribution in [1.82, 2.24) is 4.90 Å². The molecule has 12 heavy (non-hydrogen) atoms. The smallest absolute Gasteiger partial charge is 0.106 e. The zero-order chi connectivity index (χ0) is 8.60. The molecular weight excluding hydrogens is 150 g/mol. The average molecular weight is 165 g/mol. The summed E-state index contributed by atoms with van der Waals surface area (Å²) >= 11 is 0. The number of nitrogens with zero attached hydrogens (tertiary/aromatic N) is 2. The monoisotopic (exact) mass is 165 g/mol. The van der Waals surface area contributed by atoms with Crippen LogP contribution in [0.3, 0.4) is 0 Å². The number of likely N-dealkylation sites (tertiary alicyclic amines) is 1. The molecule has 0 aromatic rings. The molecular formula is C9H15N3. The molecule has 0 bridgehead atoms. The summed E-state index contributed by atoms with van der Waals surface area (Å²) in [4.78, 5) is 2.47. The summed E-state index contributed by atoms with van der Waals surface area (Å²) < 4.78 is 0. The second-order valence-electron chi connectivity index (χ2n) is 4.04. The van der Waals surface area contributed by atoms with E-state index < -0.39 is 5.54 Å². The number of piperidine rings is 1. The topological polar surface area (TPSA) is 53.1 Å². The van der Waals surface area contributed by atoms with Crippen molar-refractivity contribution < 1.29 is 0 Å². The average Bonchev–Trinajstić information content (AvgIpc) is 2.89. The molecule has 0 amide bonds. The Kier molecular flexibility index (Phi) is 1.82. The fourth-order valence-corrected chi connectivity index (χ4v) is 1.84. The van der Waals surface area contributed by atoms with Crippen LogP contribution in [0.1, 0.15) is 25.7 Å². The van der Waals surface area contributed by atoms with E-state index in [9.17, 15) is 0 Å². The molecule has 2 aliphatic rings. The highest BCUT2D eigenvalue weighted by Crippen LogP contribution is 2.31. The molecule has 1 aliphatic heterocycles. The van der Waals surface area contributed by atoms with Crippen molar-refractivity contribution in [2.45, 2.75) is 37.3 Å². The van der Waals surface area contributed by atoms with E-state index in [-0.39, 0.29) is 0 Å². The molecule has 3 nitrogen and oxygen atoms in total. The standard InChI is InChI=1S/C9H15N3/c10-7-9(11)3-5-12(6-4-9)8-1-2-8/h8H,1-6,11H2. The van der Waals surface area contributed by atoms with Gasteiger partial charge in [0.2, 0.25) is 0 Å². The predicted molar refractivity (Wildman–Crippen MR) is 46.4 cm³/mol. The molecule has 1 aliphatic carbocycles. The van der Waals surface area contributed by atoms with Gasteiger partial charge in [-0.05, 0) is 25.7 Å². The first kappa shape index (κ1) is 8.03. The fourth-order valence-electron chi connectivity index (χ4n) is 1.84. The van der Waals surface area contributed by atoms with Crippen LogP contribution < -0.4 is 5.73 Å². The van der Waals surface area contributed by atoms with Crippen LogP contribution in [0, 0.1) is 11.3 Å². The molecule has 0 radical (unpaired) electrons. The summed E-state index contributed by atoms with van der Waals surface area (Å²) in [6, 6.07) is 3.04. The van der Waals surface area contributed by atoms with Gasteiger partial charge in [0.25, 0.3) is 0 Å². The minimum Gasteiger partial charge on any atom is -0.313 e. The van der Waals surface area contributed by atoms with Crippen molar-refractivity contribution in [1.29, 1.82) is 5.26 Å². The molecule has 0 spiro atoms. The van der Waals surface area contributed by atoms with Gasteiger partial charge in [0, 0.05) is 19.1 Å². The van der Waals surface area contributed by atoms with Crippen molar-refractivity contribution in [3.05, 3.63) is 0 Å². The van der Waals surface area contributed by atoms with Crippen LogP contribution in [0.25, 0.3) is 0 Å². The van der Waals surface area contributed by atoms with E-state index in [0.29, 0.717) is 0 Å². The Balaban J connectivity index is 1.88. The molecule has 0 aromatic heterocycles. The van der Waals surface area contributed by atoms with Gasteiger partial charge < -0.3 is 10.6 Å². The molecule has 1 saturated carbocycles. The maximum atomic E-state index is 8.80. The largest absolute Gasteiger partial charge is 0.313 e. The Bertz CT molecular complexity index is 206. The minimum absolute atomic E-state index is 0.522. The number of nitrogens with two attached hydrogens (primary N) is 1. The normalized spacial score (nSPS) is 29.7. The van der Waals surface area contributed by atoms with Gasteiger partial charge in [-0.2, -0.15) is 5.26 Å². The first-order valence-corrected chi connectivity index (χ1v) is 4.68. The lowest BCUT2D eigenvalue weighted by Crippen LogP contribution is -2.49. The van der Waals surface area contributed by atoms with Gasteiger partial charge in [-0.3, -0.25) is 0 Å². The Morgan fingerprint density at radius 1 is 1.33 bits per heavy atom. The summed E-state index contributed by atoms with van der Waals surface area (Å²) in [7, 11) is 0. The van der Waals surface area contributed by atoms with Crippen molar-refractivity contribution in [2.75, 3.05) is 13.1 Å². The number of hydrogen-bond donors (Lipinski definition) is 1. The lowest BCUT2D eigenvalue weighted by Gasteiger charge is -2.34. The van der Waals surface area contributed by atoms with E-state index in [1.807, 2.05) is 0 Å². The summed E-state index contributed by atoms with van der Waals surface area (Å²) in [6.45, 7) is 2.05. The summed E-state index contributed by atoms with van der Waals surface area (Å²) in [5.41, 5.74) is 5.33. The van der Waals surface area contributed by atoms with Gasteiger partial charge in [-0.1, -0.05) is 0 Å². The van der Waals surface area contributed by atoms with Crippen molar-refractivity contribution in [3.8, 4) is 6.07 Å². The Labute approximate surface area is 73.1 Å². The van der Waals surface area contributed by atoms with Gasteiger partial charge in [-0.15, -0.1) is 0 Å². The van der Waals surface area contributed by atoms with E-state index in [1.165, 1.54) is 12.8 Å². The zero-order valence-electron chi connectivity index (χ0n) is 7.29. The zero-order valence-corrected chi connectivity index (χ0v) is 7.29. The highest BCUT2D eigenvalue weighted by molar-refractivity contribution is 5.08. The van der Waals surface area contributed by atoms with Crippen LogP contribution in [0.4, 0.5) is 0 Å². The third-order valence-corrected chi connectivity index (χ3v) is 2.98. The van der Waals surface area contributed by atoms with Gasteiger partial charge in [-0.25, -0.2) is 0 Å². The van der Waals surface area contributed by atoms with Gasteiger partial charge in [0.15, 0.2) is 0 Å². The first-order chi connectivity index (χ1) is 5.73. The van der Waals surface area contributed by atoms with Crippen LogP contribution in [0.2, 0.25) is 0 Å². The second kappa shape index (κ2) is 2.72. The maximum Gasteiger partial charge on any atom is 0.106 e. The Hall–Kier alpha value is -0.590. The summed E-state index contributed by atoms with van der Waals surface area (Å²) in [6.07, 6.45) is 4.40. The van der Waals surface area contributed by atoms with Crippen LogP contribution in [0.15, 0.2) is 0 Å². The van der Waals surface area contributed by atoms with Crippen LogP contribution in [-0.2, 0) is 0 Å². The summed E-state index contributed by atoms with van der Waals surface area (Å²) in [5.74, 6) is 0. The van der Waals surface area contributed by atoms with Crippen LogP contribution in [0.5, 0.6) is 0 Å².